The van der Waals surface area contributed by atoms with E-state index >= 15 is 0 Å². The maximum atomic E-state index is 12.2. The highest BCUT2D eigenvalue weighted by Gasteiger charge is 2.33. The van der Waals surface area contributed by atoms with Gasteiger partial charge < -0.3 is 35.0 Å². The van der Waals surface area contributed by atoms with Crippen molar-refractivity contribution in [2.75, 3.05) is 20.1 Å². The standard InChI is InChI=1S/C39H45N3O8/c1-42(24-35(45)32-7-3-8-33(44)20-32)23-34-21-36(29-13-11-26(25-43)12-14-29)50-39(49-34)30-17-15-28(16-18-30)31-6-2-5-27(19-31)22-40-37(46)9-4-10-38(47)41-48/h2-3,5-8,11-20,34-36,39,43-45,48H,4,9-10,21-25H2,1H3,(H,40,46)(H,41,47)/t34-,35+,36+,39+/m0/s1. The van der Waals surface area contributed by atoms with Gasteiger partial charge in [-0.25, -0.2) is 5.48 Å². The number of hydrogen-bond acceptors (Lipinski definition) is 9. The Bertz CT molecular complexity index is 1700. The molecule has 4 aromatic rings. The average Bonchev–Trinajstić information content (AvgIpc) is 3.14. The molecule has 1 saturated heterocycles. The highest BCUT2D eigenvalue weighted by atomic mass is 16.7. The minimum atomic E-state index is -0.779. The van der Waals surface area contributed by atoms with Gasteiger partial charge in [-0.2, -0.15) is 0 Å². The number of rotatable bonds is 15. The summed E-state index contributed by atoms with van der Waals surface area (Å²) in [5, 5.41) is 41.7. The molecule has 1 aliphatic rings. The molecule has 4 atom stereocenters. The number of nitrogens with one attached hydrogen (secondary N) is 2. The normalized spacial score (nSPS) is 18.1. The second-order valence-electron chi connectivity index (χ2n) is 12.7. The Morgan fingerprint density at radius 2 is 1.58 bits per heavy atom. The molecule has 0 bridgehead atoms. The molecule has 1 aliphatic heterocycles. The van der Waals surface area contributed by atoms with Crippen LogP contribution in [0.1, 0.15) is 72.0 Å². The Kier molecular flexibility index (Phi) is 13.1. The van der Waals surface area contributed by atoms with Crippen molar-refractivity contribution in [2.24, 2.45) is 0 Å². The van der Waals surface area contributed by atoms with Crippen LogP contribution in [0.15, 0.2) is 97.1 Å². The SMILES string of the molecule is CN(C[C@@H]1C[C@H](c2ccc(CO)cc2)O[C@H](c2ccc(-c3cccc(CNC(=O)CCCC(=O)NO)c3)cc2)O1)C[C@@H](O)c1cccc(O)c1. The zero-order chi connectivity index (χ0) is 35.5. The number of aliphatic hydroxyl groups excluding tert-OH is 2. The Labute approximate surface area is 292 Å². The van der Waals surface area contributed by atoms with Gasteiger partial charge in [-0.3, -0.25) is 14.8 Å². The third-order valence-electron chi connectivity index (χ3n) is 8.74. The molecule has 11 heteroatoms. The lowest BCUT2D eigenvalue weighted by Gasteiger charge is -2.38. The fourth-order valence-corrected chi connectivity index (χ4v) is 6.04. The molecule has 0 aliphatic carbocycles. The number of carbonyl (C=O) groups is 2. The first-order valence-electron chi connectivity index (χ1n) is 16.8. The number of ether oxygens (including phenoxy) is 2. The average molecular weight is 684 g/mol. The Balaban J connectivity index is 1.25. The molecule has 0 spiro atoms. The third kappa shape index (κ3) is 10.4. The van der Waals surface area contributed by atoms with E-state index in [-0.39, 0.29) is 43.3 Å². The van der Waals surface area contributed by atoms with E-state index in [0.717, 1.165) is 33.4 Å². The van der Waals surface area contributed by atoms with Gasteiger partial charge in [-0.05, 0) is 65.0 Å². The van der Waals surface area contributed by atoms with E-state index in [9.17, 15) is 24.9 Å². The van der Waals surface area contributed by atoms with Gasteiger partial charge in [0.05, 0.1) is 24.9 Å². The topological polar surface area (TPSA) is 161 Å². The van der Waals surface area contributed by atoms with E-state index < -0.39 is 18.3 Å². The number of nitrogens with zero attached hydrogens (tertiary/aromatic N) is 1. The Hall–Kier alpha value is -4.62. The van der Waals surface area contributed by atoms with Crippen molar-refractivity contribution in [1.82, 2.24) is 15.7 Å². The number of amides is 2. The number of aromatic hydroxyl groups is 1. The van der Waals surface area contributed by atoms with Crippen LogP contribution in [0.2, 0.25) is 0 Å². The molecular formula is C39H45N3O8. The molecular weight excluding hydrogens is 638 g/mol. The lowest BCUT2D eigenvalue weighted by molar-refractivity contribution is -0.252. The van der Waals surface area contributed by atoms with Gasteiger partial charge in [0.25, 0.3) is 0 Å². The van der Waals surface area contributed by atoms with Crippen LogP contribution in [0.3, 0.4) is 0 Å². The van der Waals surface area contributed by atoms with Crippen molar-refractivity contribution in [3.8, 4) is 16.9 Å². The molecule has 6 N–H and O–H groups in total. The molecule has 11 nitrogen and oxygen atoms in total. The lowest BCUT2D eigenvalue weighted by atomic mass is 9.99. The van der Waals surface area contributed by atoms with Crippen LogP contribution >= 0.6 is 0 Å². The summed E-state index contributed by atoms with van der Waals surface area (Å²) in [4.78, 5) is 25.4. The third-order valence-corrected chi connectivity index (χ3v) is 8.74. The predicted octanol–water partition coefficient (Wildman–Crippen LogP) is 5.05. The monoisotopic (exact) mass is 683 g/mol. The number of phenolic OH excluding ortho intramolecular Hbond substituents is 1. The van der Waals surface area contributed by atoms with Gasteiger partial charge in [0.15, 0.2) is 6.29 Å². The first-order chi connectivity index (χ1) is 24.2. The number of carbonyl (C=O) groups excluding carboxylic acids is 2. The molecule has 50 heavy (non-hydrogen) atoms. The van der Waals surface area contributed by atoms with Crippen LogP contribution in [0, 0.1) is 0 Å². The van der Waals surface area contributed by atoms with E-state index in [4.69, 9.17) is 14.7 Å². The Morgan fingerprint density at radius 1 is 0.860 bits per heavy atom. The number of aliphatic hydroxyl groups is 2. The van der Waals surface area contributed by atoms with Crippen molar-refractivity contribution < 1.29 is 39.6 Å². The van der Waals surface area contributed by atoms with E-state index in [1.165, 1.54) is 0 Å². The summed E-state index contributed by atoms with van der Waals surface area (Å²) in [7, 11) is 1.93. The van der Waals surface area contributed by atoms with Gasteiger partial charge in [-0.1, -0.05) is 78.9 Å². The molecule has 5 rings (SSSR count). The van der Waals surface area contributed by atoms with Crippen LogP contribution in [0.25, 0.3) is 11.1 Å². The molecule has 4 aromatic carbocycles. The van der Waals surface area contributed by atoms with E-state index in [1.807, 2.05) is 84.7 Å². The van der Waals surface area contributed by atoms with Crippen LogP contribution in [-0.2, 0) is 32.2 Å². The largest absolute Gasteiger partial charge is 0.508 e. The van der Waals surface area contributed by atoms with E-state index in [0.29, 0.717) is 38.0 Å². The number of hydrogen-bond donors (Lipinski definition) is 6. The number of phenols is 1. The molecule has 0 saturated carbocycles. The molecule has 2 amide bonds. The highest BCUT2D eigenvalue weighted by molar-refractivity contribution is 5.78. The minimum absolute atomic E-state index is 0.0379. The van der Waals surface area contributed by atoms with Crippen LogP contribution in [0.5, 0.6) is 5.75 Å². The number of likely N-dealkylation sites (N-methyl/N-ethyl adjacent to an activating group) is 1. The minimum Gasteiger partial charge on any atom is -0.508 e. The molecule has 0 radical (unpaired) electrons. The zero-order valence-electron chi connectivity index (χ0n) is 28.1. The van der Waals surface area contributed by atoms with Gasteiger partial charge in [0.2, 0.25) is 11.8 Å². The van der Waals surface area contributed by atoms with Crippen molar-refractivity contribution in [3.63, 3.8) is 0 Å². The van der Waals surface area contributed by atoms with Gasteiger partial charge in [-0.15, -0.1) is 0 Å². The summed E-state index contributed by atoms with van der Waals surface area (Å²) in [6, 6.07) is 30.3. The zero-order valence-corrected chi connectivity index (χ0v) is 28.1. The van der Waals surface area contributed by atoms with Crippen LogP contribution < -0.4 is 10.8 Å². The van der Waals surface area contributed by atoms with E-state index in [2.05, 4.69) is 5.32 Å². The smallest absolute Gasteiger partial charge is 0.243 e. The molecule has 1 heterocycles. The molecule has 1 fully saturated rings. The molecule has 0 aromatic heterocycles. The lowest BCUT2D eigenvalue weighted by Crippen LogP contribution is -2.39. The van der Waals surface area contributed by atoms with E-state index in [1.54, 1.807) is 29.7 Å². The van der Waals surface area contributed by atoms with Crippen molar-refractivity contribution >= 4 is 11.8 Å². The van der Waals surface area contributed by atoms with Crippen molar-refractivity contribution in [1.29, 1.82) is 0 Å². The van der Waals surface area contributed by atoms with Gasteiger partial charge in [0, 0.05) is 44.5 Å². The fraction of sp³-hybridized carbons (Fsp3) is 0.333. The Morgan fingerprint density at radius 3 is 2.30 bits per heavy atom. The van der Waals surface area contributed by atoms with Crippen LogP contribution in [0.4, 0.5) is 0 Å². The summed E-state index contributed by atoms with van der Waals surface area (Å²) in [6.07, 6.45) is -0.678. The summed E-state index contributed by atoms with van der Waals surface area (Å²) in [5.74, 6) is -0.576. The maximum absolute atomic E-state index is 12.2. The maximum Gasteiger partial charge on any atom is 0.243 e. The number of hydroxylamine groups is 1. The summed E-state index contributed by atoms with van der Waals surface area (Å²) in [6.45, 7) is 1.21. The van der Waals surface area contributed by atoms with Crippen molar-refractivity contribution in [2.45, 2.75) is 63.4 Å². The molecule has 0 unspecified atom stereocenters. The second kappa shape index (κ2) is 17.9. The quantitative estimate of drug-likeness (QED) is 0.0744. The summed E-state index contributed by atoms with van der Waals surface area (Å²) >= 11 is 0. The molecule has 264 valence electrons. The highest BCUT2D eigenvalue weighted by Crippen LogP contribution is 2.39. The fourth-order valence-electron chi connectivity index (χ4n) is 6.04. The van der Waals surface area contributed by atoms with Crippen molar-refractivity contribution in [3.05, 3.63) is 125 Å². The number of benzene rings is 4. The first-order valence-corrected chi connectivity index (χ1v) is 16.8. The second-order valence-corrected chi connectivity index (χ2v) is 12.7. The first kappa shape index (κ1) is 36.7. The van der Waals surface area contributed by atoms with Gasteiger partial charge >= 0.3 is 0 Å². The predicted molar refractivity (Wildman–Crippen MR) is 186 cm³/mol. The van der Waals surface area contributed by atoms with Crippen LogP contribution in [-0.4, -0.2) is 63.5 Å². The summed E-state index contributed by atoms with van der Waals surface area (Å²) in [5.41, 5.74) is 7.78. The van der Waals surface area contributed by atoms with Gasteiger partial charge in [0.1, 0.15) is 5.75 Å². The summed E-state index contributed by atoms with van der Waals surface area (Å²) < 4.78 is 13.0.